The molecular weight excluding hydrogens is 204 g/mol. The van der Waals surface area contributed by atoms with Crippen LogP contribution in [0.5, 0.6) is 0 Å². The summed E-state index contributed by atoms with van der Waals surface area (Å²) in [4.78, 5) is 10.4. The van der Waals surface area contributed by atoms with Gasteiger partial charge in [0.1, 0.15) is 6.61 Å². The Kier molecular flexibility index (Phi) is 4.18. The van der Waals surface area contributed by atoms with Crippen LogP contribution in [0.2, 0.25) is 0 Å². The molecule has 0 spiro atoms. The Labute approximate surface area is 96.9 Å². The average Bonchev–Trinajstić information content (AvgIpc) is 2.84. The maximum absolute atomic E-state index is 10.4. The molecule has 92 valence electrons. The number of hydrogen-bond acceptors (Lipinski definition) is 3. The normalized spacial score (nSPS) is 32.1. The van der Waals surface area contributed by atoms with Crippen molar-refractivity contribution in [2.75, 3.05) is 26.3 Å². The number of carbonyl (C=O) groups is 1. The Bertz CT molecular complexity index is 245. The predicted octanol–water partition coefficient (Wildman–Crippen LogP) is 0.514. The van der Waals surface area contributed by atoms with Crippen LogP contribution in [0.25, 0.3) is 0 Å². The highest BCUT2D eigenvalue weighted by Crippen LogP contribution is 2.47. The molecule has 3 atom stereocenters. The zero-order valence-corrected chi connectivity index (χ0v) is 9.78. The molecule has 0 saturated heterocycles. The molecule has 0 heterocycles. The fourth-order valence-electron chi connectivity index (χ4n) is 3.23. The van der Waals surface area contributed by atoms with Crippen LogP contribution in [-0.2, 0) is 9.53 Å². The van der Waals surface area contributed by atoms with Crippen molar-refractivity contribution in [3.8, 4) is 0 Å². The summed E-state index contributed by atoms with van der Waals surface area (Å²) in [6.45, 7) is 2.54. The molecule has 2 aliphatic rings. The van der Waals surface area contributed by atoms with E-state index >= 15 is 0 Å². The standard InChI is InChI=1S/C12H22N2O2/c13-12(15)8-16-4-3-14-7-11-6-9-1-2-10(11)5-9/h9-11,14H,1-8H2,(H2,13,15). The second-order valence-corrected chi connectivity index (χ2v) is 5.16. The van der Waals surface area contributed by atoms with Crippen LogP contribution < -0.4 is 11.1 Å². The molecule has 4 heteroatoms. The molecule has 0 aliphatic heterocycles. The number of rotatable bonds is 7. The van der Waals surface area contributed by atoms with E-state index in [0.29, 0.717) is 6.61 Å². The molecule has 4 nitrogen and oxygen atoms in total. The van der Waals surface area contributed by atoms with E-state index in [1.807, 2.05) is 0 Å². The monoisotopic (exact) mass is 226 g/mol. The van der Waals surface area contributed by atoms with E-state index in [1.165, 1.54) is 25.7 Å². The van der Waals surface area contributed by atoms with Gasteiger partial charge in [0.25, 0.3) is 0 Å². The van der Waals surface area contributed by atoms with Crippen molar-refractivity contribution in [1.82, 2.24) is 5.32 Å². The van der Waals surface area contributed by atoms with Crippen LogP contribution in [0, 0.1) is 17.8 Å². The summed E-state index contributed by atoms with van der Waals surface area (Å²) in [5.41, 5.74) is 4.96. The molecule has 2 saturated carbocycles. The Morgan fingerprint density at radius 2 is 2.25 bits per heavy atom. The van der Waals surface area contributed by atoms with Gasteiger partial charge in [-0.2, -0.15) is 0 Å². The van der Waals surface area contributed by atoms with Crippen LogP contribution in [0.4, 0.5) is 0 Å². The second-order valence-electron chi connectivity index (χ2n) is 5.16. The topological polar surface area (TPSA) is 64.4 Å². The van der Waals surface area contributed by atoms with Crippen molar-refractivity contribution in [1.29, 1.82) is 0 Å². The third-order valence-electron chi connectivity index (χ3n) is 3.96. The van der Waals surface area contributed by atoms with Gasteiger partial charge in [-0.25, -0.2) is 0 Å². The third kappa shape index (κ3) is 3.19. The number of carbonyl (C=O) groups excluding carboxylic acids is 1. The molecule has 2 aliphatic carbocycles. The summed E-state index contributed by atoms with van der Waals surface area (Å²) in [6.07, 6.45) is 5.78. The van der Waals surface area contributed by atoms with Gasteiger partial charge in [-0.3, -0.25) is 4.79 Å². The zero-order chi connectivity index (χ0) is 11.4. The first-order valence-corrected chi connectivity index (χ1v) is 6.32. The van der Waals surface area contributed by atoms with Crippen LogP contribution in [0.1, 0.15) is 25.7 Å². The molecule has 0 aromatic carbocycles. The Morgan fingerprint density at radius 1 is 1.38 bits per heavy atom. The Hall–Kier alpha value is -0.610. The lowest BCUT2D eigenvalue weighted by Gasteiger charge is -2.21. The predicted molar refractivity (Wildman–Crippen MR) is 61.8 cm³/mol. The summed E-state index contributed by atoms with van der Waals surface area (Å²) in [5.74, 6) is 2.48. The van der Waals surface area contributed by atoms with E-state index < -0.39 is 5.91 Å². The molecule has 0 aromatic heterocycles. The molecule has 2 fully saturated rings. The van der Waals surface area contributed by atoms with Crippen LogP contribution in [-0.4, -0.2) is 32.2 Å². The summed E-state index contributed by atoms with van der Waals surface area (Å²) >= 11 is 0. The Morgan fingerprint density at radius 3 is 2.88 bits per heavy atom. The average molecular weight is 226 g/mol. The zero-order valence-electron chi connectivity index (χ0n) is 9.78. The van der Waals surface area contributed by atoms with Crippen molar-refractivity contribution in [2.24, 2.45) is 23.5 Å². The van der Waals surface area contributed by atoms with Crippen molar-refractivity contribution in [3.63, 3.8) is 0 Å². The van der Waals surface area contributed by atoms with Crippen molar-refractivity contribution in [3.05, 3.63) is 0 Å². The van der Waals surface area contributed by atoms with Gasteiger partial charge in [0.15, 0.2) is 0 Å². The Balaban J connectivity index is 1.48. The van der Waals surface area contributed by atoms with Gasteiger partial charge in [0, 0.05) is 6.54 Å². The van der Waals surface area contributed by atoms with Crippen molar-refractivity contribution in [2.45, 2.75) is 25.7 Å². The second kappa shape index (κ2) is 5.64. The smallest absolute Gasteiger partial charge is 0.243 e. The van der Waals surface area contributed by atoms with Gasteiger partial charge in [-0.05, 0) is 43.6 Å². The molecule has 2 rings (SSSR count). The van der Waals surface area contributed by atoms with Gasteiger partial charge in [0.05, 0.1) is 6.61 Å². The minimum atomic E-state index is -0.395. The number of amides is 1. The van der Waals surface area contributed by atoms with Crippen LogP contribution in [0.3, 0.4) is 0 Å². The number of primary amides is 1. The van der Waals surface area contributed by atoms with Crippen LogP contribution in [0.15, 0.2) is 0 Å². The van der Waals surface area contributed by atoms with E-state index in [9.17, 15) is 4.79 Å². The first kappa shape index (κ1) is 11.9. The molecule has 1 amide bonds. The first-order valence-electron chi connectivity index (χ1n) is 6.32. The molecule has 0 radical (unpaired) electrons. The summed E-state index contributed by atoms with van der Waals surface area (Å²) in [7, 11) is 0. The summed E-state index contributed by atoms with van der Waals surface area (Å²) in [6, 6.07) is 0. The number of ether oxygens (including phenoxy) is 1. The SMILES string of the molecule is NC(=O)COCCNCC1CC2CCC1C2. The fourth-order valence-corrected chi connectivity index (χ4v) is 3.23. The fraction of sp³-hybridized carbons (Fsp3) is 0.917. The summed E-state index contributed by atoms with van der Waals surface area (Å²) in [5, 5.41) is 3.41. The van der Waals surface area contributed by atoms with E-state index in [2.05, 4.69) is 5.32 Å². The van der Waals surface area contributed by atoms with E-state index in [1.54, 1.807) is 0 Å². The minimum absolute atomic E-state index is 0.0375. The lowest BCUT2D eigenvalue weighted by atomic mass is 9.89. The molecule has 3 N–H and O–H groups in total. The number of fused-ring (bicyclic) bond motifs is 2. The third-order valence-corrected chi connectivity index (χ3v) is 3.96. The van der Waals surface area contributed by atoms with E-state index in [0.717, 1.165) is 30.8 Å². The van der Waals surface area contributed by atoms with E-state index in [4.69, 9.17) is 10.5 Å². The lowest BCUT2D eigenvalue weighted by Crippen LogP contribution is -2.30. The van der Waals surface area contributed by atoms with E-state index in [-0.39, 0.29) is 6.61 Å². The van der Waals surface area contributed by atoms with Gasteiger partial charge < -0.3 is 15.8 Å². The van der Waals surface area contributed by atoms with Crippen molar-refractivity contribution >= 4 is 5.91 Å². The van der Waals surface area contributed by atoms with Crippen LogP contribution >= 0.6 is 0 Å². The summed E-state index contributed by atoms with van der Waals surface area (Å²) < 4.78 is 5.08. The number of nitrogens with two attached hydrogens (primary N) is 1. The quantitative estimate of drug-likeness (QED) is 0.622. The highest BCUT2D eigenvalue weighted by atomic mass is 16.5. The van der Waals surface area contributed by atoms with Crippen molar-refractivity contribution < 1.29 is 9.53 Å². The van der Waals surface area contributed by atoms with Gasteiger partial charge in [-0.1, -0.05) is 6.42 Å². The molecule has 3 unspecified atom stereocenters. The lowest BCUT2D eigenvalue weighted by molar-refractivity contribution is -0.122. The maximum atomic E-state index is 10.4. The van der Waals surface area contributed by atoms with Gasteiger partial charge >= 0.3 is 0 Å². The first-order chi connectivity index (χ1) is 7.75. The molecule has 2 bridgehead atoms. The molecule has 0 aromatic rings. The minimum Gasteiger partial charge on any atom is -0.370 e. The van der Waals surface area contributed by atoms with Gasteiger partial charge in [-0.15, -0.1) is 0 Å². The van der Waals surface area contributed by atoms with Gasteiger partial charge in [0.2, 0.25) is 5.91 Å². The largest absolute Gasteiger partial charge is 0.370 e. The molecular formula is C12H22N2O2. The maximum Gasteiger partial charge on any atom is 0.243 e. The highest BCUT2D eigenvalue weighted by molar-refractivity contribution is 5.74. The highest BCUT2D eigenvalue weighted by Gasteiger charge is 2.38. The number of hydrogen-bond donors (Lipinski definition) is 2. The molecule has 16 heavy (non-hydrogen) atoms. The number of nitrogens with one attached hydrogen (secondary N) is 1.